The Hall–Kier alpha value is -2.73. The van der Waals surface area contributed by atoms with Crippen LogP contribution in [0.15, 0.2) is 47.3 Å². The quantitative estimate of drug-likeness (QED) is 0.704. The van der Waals surface area contributed by atoms with Gasteiger partial charge in [0.2, 0.25) is 5.91 Å². The molecule has 2 aromatic carbocycles. The fraction of sp³-hybridized carbons (Fsp3) is 0.300. The Morgan fingerprint density at radius 2 is 1.78 bits per heavy atom. The van der Waals surface area contributed by atoms with Gasteiger partial charge in [-0.1, -0.05) is 23.7 Å². The molecule has 3 aromatic rings. The zero-order valence-corrected chi connectivity index (χ0v) is 16.5. The van der Waals surface area contributed by atoms with Crippen LogP contribution in [0.25, 0.3) is 11.0 Å². The van der Waals surface area contributed by atoms with Crippen LogP contribution in [0.1, 0.15) is 13.3 Å². The van der Waals surface area contributed by atoms with Gasteiger partial charge in [0.1, 0.15) is 0 Å². The molecule has 0 bridgehead atoms. The molecule has 0 saturated heterocycles. The lowest BCUT2D eigenvalue weighted by Crippen LogP contribution is -2.26. The summed E-state index contributed by atoms with van der Waals surface area (Å²) in [7, 11) is 3.80. The topological polar surface area (TPSA) is 59.3 Å². The molecule has 0 atom stereocenters. The average Bonchev–Trinajstić information content (AvgIpc) is 2.90. The third-order valence-electron chi connectivity index (χ3n) is 4.52. The summed E-state index contributed by atoms with van der Waals surface area (Å²) in [5.74, 6) is -0.166. The van der Waals surface area contributed by atoms with Gasteiger partial charge in [-0.2, -0.15) is 0 Å². The normalized spacial score (nSPS) is 11.0. The lowest BCUT2D eigenvalue weighted by molar-refractivity contribution is -0.116. The van der Waals surface area contributed by atoms with Gasteiger partial charge in [0.15, 0.2) is 0 Å². The zero-order valence-electron chi connectivity index (χ0n) is 15.7. The Labute approximate surface area is 163 Å². The van der Waals surface area contributed by atoms with Crippen molar-refractivity contribution in [3.8, 4) is 0 Å². The lowest BCUT2D eigenvalue weighted by Gasteiger charge is -2.18. The number of rotatable bonds is 6. The van der Waals surface area contributed by atoms with Crippen molar-refractivity contribution in [1.29, 1.82) is 0 Å². The smallest absolute Gasteiger partial charge is 0.329 e. The molecule has 6 nitrogen and oxygen atoms in total. The number of aryl methyl sites for hydroxylation is 2. The maximum atomic E-state index is 12.6. The minimum atomic E-state index is -0.166. The number of carbonyl (C=O) groups is 1. The van der Waals surface area contributed by atoms with E-state index >= 15 is 0 Å². The SMILES string of the molecule is CCn1c(=O)n(CCC(=O)Nc2cc(Cl)ccc2N(C)C)c2ccccc21. The number of halogens is 1. The number of nitrogens with one attached hydrogen (secondary N) is 1. The summed E-state index contributed by atoms with van der Waals surface area (Å²) in [4.78, 5) is 27.1. The number of nitrogens with zero attached hydrogens (tertiary/aromatic N) is 3. The molecule has 0 aliphatic heterocycles. The van der Waals surface area contributed by atoms with E-state index in [4.69, 9.17) is 11.6 Å². The molecule has 7 heteroatoms. The molecule has 142 valence electrons. The Morgan fingerprint density at radius 1 is 1.11 bits per heavy atom. The van der Waals surface area contributed by atoms with E-state index in [1.165, 1.54) is 0 Å². The van der Waals surface area contributed by atoms with Crippen LogP contribution in [0, 0.1) is 0 Å². The van der Waals surface area contributed by atoms with Gasteiger partial charge in [-0.3, -0.25) is 13.9 Å². The van der Waals surface area contributed by atoms with Gasteiger partial charge in [-0.05, 0) is 37.3 Å². The highest BCUT2D eigenvalue weighted by atomic mass is 35.5. The molecule has 0 aliphatic rings. The highest BCUT2D eigenvalue weighted by Crippen LogP contribution is 2.28. The van der Waals surface area contributed by atoms with Crippen LogP contribution in [0.5, 0.6) is 0 Å². The number of imidazole rings is 1. The molecule has 1 heterocycles. The second-order valence-corrected chi connectivity index (χ2v) is 6.96. The van der Waals surface area contributed by atoms with Gasteiger partial charge >= 0.3 is 5.69 Å². The van der Waals surface area contributed by atoms with Crippen molar-refractivity contribution < 1.29 is 4.79 Å². The number of fused-ring (bicyclic) bond motifs is 1. The van der Waals surface area contributed by atoms with E-state index in [0.29, 0.717) is 23.8 Å². The fourth-order valence-electron chi connectivity index (χ4n) is 3.22. The van der Waals surface area contributed by atoms with E-state index in [2.05, 4.69) is 5.32 Å². The first-order valence-electron chi connectivity index (χ1n) is 8.87. The number of benzene rings is 2. The molecule has 0 spiro atoms. The lowest BCUT2D eigenvalue weighted by atomic mass is 10.2. The molecule has 1 N–H and O–H groups in total. The highest BCUT2D eigenvalue weighted by Gasteiger charge is 2.14. The second kappa shape index (κ2) is 7.88. The first-order valence-corrected chi connectivity index (χ1v) is 9.25. The third-order valence-corrected chi connectivity index (χ3v) is 4.75. The van der Waals surface area contributed by atoms with Crippen LogP contribution in [-0.2, 0) is 17.9 Å². The van der Waals surface area contributed by atoms with Crippen molar-refractivity contribution >= 4 is 39.9 Å². The Balaban J connectivity index is 1.80. The minimum Gasteiger partial charge on any atom is -0.376 e. The van der Waals surface area contributed by atoms with E-state index < -0.39 is 0 Å². The summed E-state index contributed by atoms with van der Waals surface area (Å²) in [5, 5.41) is 3.46. The molecule has 1 aromatic heterocycles. The van der Waals surface area contributed by atoms with E-state index in [1.807, 2.05) is 56.3 Å². The number of aromatic nitrogens is 2. The van der Waals surface area contributed by atoms with Gasteiger partial charge in [0, 0.05) is 38.6 Å². The maximum absolute atomic E-state index is 12.6. The van der Waals surface area contributed by atoms with E-state index in [1.54, 1.807) is 21.3 Å². The van der Waals surface area contributed by atoms with Gasteiger partial charge in [0.25, 0.3) is 0 Å². The molecule has 0 radical (unpaired) electrons. The summed E-state index contributed by atoms with van der Waals surface area (Å²) in [6.07, 6.45) is 0.191. The molecular formula is C20H23ClN4O2. The Morgan fingerprint density at radius 3 is 2.41 bits per heavy atom. The standard InChI is InChI=1S/C20H23ClN4O2/c1-4-24-17-7-5-6-8-18(17)25(20(24)27)12-11-19(26)22-15-13-14(21)9-10-16(15)23(2)3/h5-10,13H,4,11-12H2,1-3H3,(H,22,26). The summed E-state index contributed by atoms with van der Waals surface area (Å²) in [5.41, 5.74) is 3.15. The number of anilines is 2. The molecule has 0 aliphatic carbocycles. The zero-order chi connectivity index (χ0) is 19.6. The van der Waals surface area contributed by atoms with Crippen LogP contribution >= 0.6 is 11.6 Å². The summed E-state index contributed by atoms with van der Waals surface area (Å²) >= 11 is 6.06. The van der Waals surface area contributed by atoms with Crippen LogP contribution in [-0.4, -0.2) is 29.1 Å². The molecule has 27 heavy (non-hydrogen) atoms. The largest absolute Gasteiger partial charge is 0.376 e. The average molecular weight is 387 g/mol. The van der Waals surface area contributed by atoms with Crippen molar-refractivity contribution in [2.24, 2.45) is 0 Å². The summed E-state index contributed by atoms with van der Waals surface area (Å²) in [6, 6.07) is 13.0. The number of amides is 1. The van der Waals surface area contributed by atoms with Crippen LogP contribution in [0.2, 0.25) is 5.02 Å². The summed E-state index contributed by atoms with van der Waals surface area (Å²) in [6.45, 7) is 2.84. The van der Waals surface area contributed by atoms with Crippen molar-refractivity contribution in [3.05, 3.63) is 58.0 Å². The van der Waals surface area contributed by atoms with Gasteiger partial charge in [0.05, 0.1) is 22.4 Å². The fourth-order valence-corrected chi connectivity index (χ4v) is 3.39. The van der Waals surface area contributed by atoms with Crippen molar-refractivity contribution in [1.82, 2.24) is 9.13 Å². The maximum Gasteiger partial charge on any atom is 0.329 e. The van der Waals surface area contributed by atoms with Gasteiger partial charge in [-0.25, -0.2) is 4.79 Å². The predicted molar refractivity (Wildman–Crippen MR) is 111 cm³/mol. The van der Waals surface area contributed by atoms with Crippen LogP contribution in [0.4, 0.5) is 11.4 Å². The number of hydrogen-bond acceptors (Lipinski definition) is 3. The Kier molecular flexibility index (Phi) is 5.56. The van der Waals surface area contributed by atoms with E-state index in [9.17, 15) is 9.59 Å². The number of para-hydroxylation sites is 2. The number of hydrogen-bond donors (Lipinski definition) is 1. The molecule has 3 rings (SSSR count). The van der Waals surface area contributed by atoms with Crippen molar-refractivity contribution in [2.45, 2.75) is 26.4 Å². The first-order chi connectivity index (χ1) is 12.9. The highest BCUT2D eigenvalue weighted by molar-refractivity contribution is 6.31. The third kappa shape index (κ3) is 3.85. The summed E-state index contributed by atoms with van der Waals surface area (Å²) < 4.78 is 3.37. The molecule has 1 amide bonds. The second-order valence-electron chi connectivity index (χ2n) is 6.52. The van der Waals surface area contributed by atoms with Crippen molar-refractivity contribution in [3.63, 3.8) is 0 Å². The van der Waals surface area contributed by atoms with Gasteiger partial charge in [-0.15, -0.1) is 0 Å². The predicted octanol–water partition coefficient (Wildman–Crippen LogP) is 3.57. The van der Waals surface area contributed by atoms with Crippen LogP contribution in [0.3, 0.4) is 0 Å². The molecular weight excluding hydrogens is 364 g/mol. The molecule has 0 saturated carbocycles. The van der Waals surface area contributed by atoms with Crippen molar-refractivity contribution in [2.75, 3.05) is 24.3 Å². The van der Waals surface area contributed by atoms with E-state index in [0.717, 1.165) is 16.7 Å². The molecule has 0 unspecified atom stereocenters. The first kappa shape index (κ1) is 19.0. The molecule has 0 fully saturated rings. The van der Waals surface area contributed by atoms with Gasteiger partial charge < -0.3 is 10.2 Å². The number of carbonyl (C=O) groups excluding carboxylic acids is 1. The Bertz CT molecular complexity index is 1040. The monoisotopic (exact) mass is 386 g/mol. The minimum absolute atomic E-state index is 0.0942. The van der Waals surface area contributed by atoms with E-state index in [-0.39, 0.29) is 18.0 Å². The van der Waals surface area contributed by atoms with Crippen LogP contribution < -0.4 is 15.9 Å².